The van der Waals surface area contributed by atoms with E-state index in [0.29, 0.717) is 31.5 Å². The van der Waals surface area contributed by atoms with E-state index in [1.54, 1.807) is 11.1 Å². The number of hydrogen-bond acceptors (Lipinski definition) is 7. The summed E-state index contributed by atoms with van der Waals surface area (Å²) in [6, 6.07) is 8.34. The SMILES string of the molecule is CCOC(=O)N1CCC(Nc2nncc(Nc3ccccc3CC)n2)CC1. The van der Waals surface area contributed by atoms with E-state index in [4.69, 9.17) is 4.74 Å². The molecular formula is C19H26N6O2. The number of hydrogen-bond donors (Lipinski definition) is 2. The lowest BCUT2D eigenvalue weighted by atomic mass is 10.1. The molecule has 0 bridgehead atoms. The van der Waals surface area contributed by atoms with Crippen LogP contribution in [-0.2, 0) is 11.2 Å². The summed E-state index contributed by atoms with van der Waals surface area (Å²) in [5, 5.41) is 14.8. The normalized spacial score (nSPS) is 14.7. The number of likely N-dealkylation sites (tertiary alicyclic amines) is 1. The monoisotopic (exact) mass is 370 g/mol. The van der Waals surface area contributed by atoms with Gasteiger partial charge in [-0.3, -0.25) is 0 Å². The minimum absolute atomic E-state index is 0.204. The van der Waals surface area contributed by atoms with Crippen molar-refractivity contribution in [2.75, 3.05) is 30.3 Å². The first-order valence-electron chi connectivity index (χ1n) is 9.42. The molecule has 1 aliphatic rings. The second-order valence-electron chi connectivity index (χ2n) is 6.41. The number of ether oxygens (including phenoxy) is 1. The van der Waals surface area contributed by atoms with E-state index in [1.807, 2.05) is 25.1 Å². The molecule has 0 aliphatic carbocycles. The molecule has 8 heteroatoms. The fourth-order valence-electron chi connectivity index (χ4n) is 3.12. The van der Waals surface area contributed by atoms with Gasteiger partial charge in [0.2, 0.25) is 5.95 Å². The van der Waals surface area contributed by atoms with Crippen LogP contribution in [0.15, 0.2) is 30.5 Å². The van der Waals surface area contributed by atoms with Crippen molar-refractivity contribution < 1.29 is 9.53 Å². The summed E-state index contributed by atoms with van der Waals surface area (Å²) in [4.78, 5) is 18.0. The number of carbonyl (C=O) groups excluding carboxylic acids is 1. The van der Waals surface area contributed by atoms with Gasteiger partial charge in [0, 0.05) is 24.8 Å². The Kier molecular flexibility index (Phi) is 6.40. The number of benzene rings is 1. The molecule has 1 aliphatic heterocycles. The maximum absolute atomic E-state index is 11.8. The number of nitrogens with one attached hydrogen (secondary N) is 2. The third kappa shape index (κ3) is 5.06. The lowest BCUT2D eigenvalue weighted by Crippen LogP contribution is -2.42. The van der Waals surface area contributed by atoms with Crippen LogP contribution in [0.2, 0.25) is 0 Å². The molecule has 1 fully saturated rings. The average Bonchev–Trinajstić information content (AvgIpc) is 2.69. The second-order valence-corrected chi connectivity index (χ2v) is 6.41. The summed E-state index contributed by atoms with van der Waals surface area (Å²) in [6.45, 7) is 5.65. The van der Waals surface area contributed by atoms with Crippen molar-refractivity contribution in [3.63, 3.8) is 0 Å². The molecule has 1 saturated heterocycles. The molecule has 27 heavy (non-hydrogen) atoms. The van der Waals surface area contributed by atoms with E-state index in [1.165, 1.54) is 5.56 Å². The third-order valence-electron chi connectivity index (χ3n) is 4.57. The largest absolute Gasteiger partial charge is 0.450 e. The van der Waals surface area contributed by atoms with Gasteiger partial charge in [0.25, 0.3) is 0 Å². The lowest BCUT2D eigenvalue weighted by Gasteiger charge is -2.31. The number of aryl methyl sites for hydroxylation is 1. The predicted molar refractivity (Wildman–Crippen MR) is 104 cm³/mol. The van der Waals surface area contributed by atoms with Crippen LogP contribution in [0.4, 0.5) is 22.2 Å². The number of piperidine rings is 1. The summed E-state index contributed by atoms with van der Waals surface area (Å²) in [7, 11) is 0. The lowest BCUT2D eigenvalue weighted by molar-refractivity contribution is 0.0983. The van der Waals surface area contributed by atoms with Crippen molar-refractivity contribution in [2.45, 2.75) is 39.2 Å². The Morgan fingerprint density at radius 3 is 2.78 bits per heavy atom. The Morgan fingerprint density at radius 2 is 2.04 bits per heavy atom. The van der Waals surface area contributed by atoms with Crippen molar-refractivity contribution in [1.82, 2.24) is 20.1 Å². The molecule has 0 saturated carbocycles. The van der Waals surface area contributed by atoms with Crippen molar-refractivity contribution in [2.24, 2.45) is 0 Å². The molecule has 2 aromatic rings. The Balaban J connectivity index is 1.58. The van der Waals surface area contributed by atoms with Gasteiger partial charge in [0.1, 0.15) is 0 Å². The standard InChI is InChI=1S/C19H26N6O2/c1-3-14-7-5-6-8-16(14)22-17-13-20-24-18(23-17)21-15-9-11-25(12-10-15)19(26)27-4-2/h5-8,13,15H,3-4,9-12H2,1-2H3,(H2,21,22,23,24). The molecule has 1 amide bonds. The average molecular weight is 370 g/mol. The number of nitrogens with zero attached hydrogens (tertiary/aromatic N) is 4. The minimum atomic E-state index is -0.241. The van der Waals surface area contributed by atoms with Crippen LogP contribution < -0.4 is 10.6 Å². The van der Waals surface area contributed by atoms with Crippen LogP contribution >= 0.6 is 0 Å². The smallest absolute Gasteiger partial charge is 0.409 e. The first-order valence-corrected chi connectivity index (χ1v) is 9.42. The number of amides is 1. The van der Waals surface area contributed by atoms with E-state index in [0.717, 1.165) is 24.9 Å². The zero-order valence-corrected chi connectivity index (χ0v) is 15.8. The highest BCUT2D eigenvalue weighted by atomic mass is 16.6. The fraction of sp³-hybridized carbons (Fsp3) is 0.474. The summed E-state index contributed by atoms with van der Waals surface area (Å²) < 4.78 is 5.05. The van der Waals surface area contributed by atoms with Crippen molar-refractivity contribution >= 4 is 23.5 Å². The zero-order chi connectivity index (χ0) is 19.1. The van der Waals surface area contributed by atoms with E-state index < -0.39 is 0 Å². The van der Waals surface area contributed by atoms with Crippen LogP contribution in [0.1, 0.15) is 32.3 Å². The molecule has 144 valence electrons. The van der Waals surface area contributed by atoms with Crippen LogP contribution in [0, 0.1) is 0 Å². The van der Waals surface area contributed by atoms with Gasteiger partial charge in [-0.05, 0) is 37.8 Å². The highest BCUT2D eigenvalue weighted by molar-refractivity contribution is 5.67. The molecule has 1 aromatic carbocycles. The van der Waals surface area contributed by atoms with E-state index in [9.17, 15) is 4.79 Å². The van der Waals surface area contributed by atoms with Gasteiger partial charge in [-0.1, -0.05) is 25.1 Å². The summed E-state index contributed by atoms with van der Waals surface area (Å²) in [5.41, 5.74) is 2.24. The second kappa shape index (κ2) is 9.16. The van der Waals surface area contributed by atoms with E-state index in [-0.39, 0.29) is 12.1 Å². The minimum Gasteiger partial charge on any atom is -0.450 e. The molecule has 8 nitrogen and oxygen atoms in total. The highest BCUT2D eigenvalue weighted by Gasteiger charge is 2.24. The summed E-state index contributed by atoms with van der Waals surface area (Å²) >= 11 is 0. The maximum atomic E-state index is 11.8. The molecule has 3 rings (SSSR count). The summed E-state index contributed by atoms with van der Waals surface area (Å²) in [6.07, 6.45) is 3.94. The van der Waals surface area contributed by atoms with Crippen LogP contribution in [0.5, 0.6) is 0 Å². The Bertz CT molecular complexity index is 761. The first-order chi connectivity index (χ1) is 13.2. The number of aromatic nitrogens is 3. The predicted octanol–water partition coefficient (Wildman–Crippen LogP) is 3.21. The molecular weight excluding hydrogens is 344 g/mol. The van der Waals surface area contributed by atoms with Crippen molar-refractivity contribution in [3.8, 4) is 0 Å². The third-order valence-corrected chi connectivity index (χ3v) is 4.57. The van der Waals surface area contributed by atoms with E-state index >= 15 is 0 Å². The quantitative estimate of drug-likeness (QED) is 0.806. The fourth-order valence-corrected chi connectivity index (χ4v) is 3.12. The molecule has 0 spiro atoms. The number of anilines is 3. The topological polar surface area (TPSA) is 92.3 Å². The van der Waals surface area contributed by atoms with Gasteiger partial charge < -0.3 is 20.3 Å². The van der Waals surface area contributed by atoms with Gasteiger partial charge in [0.15, 0.2) is 5.82 Å². The molecule has 0 atom stereocenters. The van der Waals surface area contributed by atoms with Gasteiger partial charge >= 0.3 is 6.09 Å². The van der Waals surface area contributed by atoms with Crippen molar-refractivity contribution in [3.05, 3.63) is 36.0 Å². The molecule has 1 aromatic heterocycles. The Hall–Kier alpha value is -2.90. The summed E-state index contributed by atoms with van der Waals surface area (Å²) in [5.74, 6) is 1.14. The molecule has 2 N–H and O–H groups in total. The Morgan fingerprint density at radius 1 is 1.26 bits per heavy atom. The van der Waals surface area contributed by atoms with Crippen LogP contribution in [0.3, 0.4) is 0 Å². The highest BCUT2D eigenvalue weighted by Crippen LogP contribution is 2.20. The van der Waals surface area contributed by atoms with Gasteiger partial charge in [0.05, 0.1) is 12.8 Å². The number of rotatable bonds is 6. The van der Waals surface area contributed by atoms with Gasteiger partial charge in [-0.15, -0.1) is 5.10 Å². The van der Waals surface area contributed by atoms with Crippen molar-refractivity contribution in [1.29, 1.82) is 0 Å². The van der Waals surface area contributed by atoms with Gasteiger partial charge in [-0.25, -0.2) is 4.79 Å². The number of carbonyl (C=O) groups is 1. The van der Waals surface area contributed by atoms with Gasteiger partial charge in [-0.2, -0.15) is 10.1 Å². The Labute approximate surface area is 159 Å². The van der Waals surface area contributed by atoms with Crippen LogP contribution in [0.25, 0.3) is 0 Å². The zero-order valence-electron chi connectivity index (χ0n) is 15.8. The van der Waals surface area contributed by atoms with E-state index in [2.05, 4.69) is 38.8 Å². The molecule has 0 radical (unpaired) electrons. The molecule has 0 unspecified atom stereocenters. The maximum Gasteiger partial charge on any atom is 0.409 e. The molecule has 2 heterocycles. The first kappa shape index (κ1) is 18.9. The van der Waals surface area contributed by atoms with Crippen LogP contribution in [-0.4, -0.2) is 51.9 Å². The number of para-hydroxylation sites is 1.